The Morgan fingerprint density at radius 2 is 2.05 bits per heavy atom. The zero-order valence-electron chi connectivity index (χ0n) is 11.9. The van der Waals surface area contributed by atoms with Gasteiger partial charge in [0.1, 0.15) is 11.4 Å². The number of nitrogens with one attached hydrogen (secondary N) is 2. The molecule has 0 bridgehead atoms. The summed E-state index contributed by atoms with van der Waals surface area (Å²) in [6.45, 7) is 6.58. The minimum Gasteiger partial charge on any atom is -0.444 e. The minimum absolute atomic E-state index is 0.304. The van der Waals surface area contributed by atoms with E-state index in [2.05, 4.69) is 26.6 Å². The molecule has 0 saturated carbocycles. The van der Waals surface area contributed by atoms with Crippen LogP contribution in [0.3, 0.4) is 0 Å². The van der Waals surface area contributed by atoms with Crippen molar-refractivity contribution in [1.82, 2.24) is 5.32 Å². The molecule has 0 aromatic heterocycles. The van der Waals surface area contributed by atoms with Crippen molar-refractivity contribution in [3.8, 4) is 0 Å². The SMILES string of the molecule is CC(C)(C)OC(=O)NCCCNc1ccc(Br)c(F)c1. The molecule has 0 atom stereocenters. The Hall–Kier alpha value is -1.30. The van der Waals surface area contributed by atoms with Crippen LogP contribution in [0, 0.1) is 5.82 Å². The van der Waals surface area contributed by atoms with Gasteiger partial charge in [-0.1, -0.05) is 0 Å². The molecule has 0 unspecified atom stereocenters. The summed E-state index contributed by atoms with van der Waals surface area (Å²) >= 11 is 3.10. The van der Waals surface area contributed by atoms with Crippen molar-refractivity contribution in [2.45, 2.75) is 32.8 Å². The monoisotopic (exact) mass is 346 g/mol. The standard InChI is InChI=1S/C14H20BrFN2O2/c1-14(2,3)20-13(19)18-8-4-7-17-10-5-6-11(15)12(16)9-10/h5-6,9,17H,4,7-8H2,1-3H3,(H,18,19). The first-order chi connectivity index (χ1) is 9.28. The number of carbonyl (C=O) groups is 1. The molecule has 1 rings (SSSR count). The largest absolute Gasteiger partial charge is 0.444 e. The summed E-state index contributed by atoms with van der Waals surface area (Å²) in [4.78, 5) is 11.4. The summed E-state index contributed by atoms with van der Waals surface area (Å²) in [5, 5.41) is 5.74. The molecular formula is C14H20BrFN2O2. The molecule has 2 N–H and O–H groups in total. The van der Waals surface area contributed by atoms with Gasteiger partial charge in [0.2, 0.25) is 0 Å². The Balaban J connectivity index is 2.19. The average molecular weight is 347 g/mol. The van der Waals surface area contributed by atoms with Gasteiger partial charge in [-0.3, -0.25) is 0 Å². The smallest absolute Gasteiger partial charge is 0.407 e. The average Bonchev–Trinajstić information content (AvgIpc) is 2.31. The number of carbonyl (C=O) groups excluding carboxylic acids is 1. The van der Waals surface area contributed by atoms with Crippen molar-refractivity contribution in [2.24, 2.45) is 0 Å². The molecule has 0 saturated heterocycles. The van der Waals surface area contributed by atoms with Crippen LogP contribution in [0.5, 0.6) is 0 Å². The molecule has 0 aliphatic heterocycles. The molecule has 0 fully saturated rings. The van der Waals surface area contributed by atoms with Crippen LogP contribution < -0.4 is 10.6 Å². The van der Waals surface area contributed by atoms with Crippen LogP contribution in [0.25, 0.3) is 0 Å². The molecule has 0 heterocycles. The summed E-state index contributed by atoms with van der Waals surface area (Å²) in [5.41, 5.74) is 0.222. The van der Waals surface area contributed by atoms with E-state index in [-0.39, 0.29) is 5.82 Å². The normalized spacial score (nSPS) is 11.1. The van der Waals surface area contributed by atoms with Gasteiger partial charge in [0.25, 0.3) is 0 Å². The Labute approximate surface area is 127 Å². The number of anilines is 1. The lowest BCUT2D eigenvalue weighted by Gasteiger charge is -2.19. The number of hydrogen-bond acceptors (Lipinski definition) is 3. The van der Waals surface area contributed by atoms with E-state index in [0.717, 1.165) is 6.42 Å². The zero-order valence-corrected chi connectivity index (χ0v) is 13.5. The van der Waals surface area contributed by atoms with Crippen LogP contribution in [-0.2, 0) is 4.74 Å². The number of rotatable bonds is 5. The van der Waals surface area contributed by atoms with Gasteiger partial charge in [0.05, 0.1) is 4.47 Å². The number of alkyl carbamates (subject to hydrolysis) is 1. The minimum atomic E-state index is -0.489. The molecular weight excluding hydrogens is 327 g/mol. The quantitative estimate of drug-likeness (QED) is 0.794. The second kappa shape index (κ2) is 7.47. The van der Waals surface area contributed by atoms with Gasteiger partial charge in [0.15, 0.2) is 0 Å². The Morgan fingerprint density at radius 1 is 1.35 bits per heavy atom. The van der Waals surface area contributed by atoms with Crippen molar-refractivity contribution < 1.29 is 13.9 Å². The third-order valence-corrected chi connectivity index (χ3v) is 2.91. The van der Waals surface area contributed by atoms with Gasteiger partial charge in [-0.05, 0) is 61.3 Å². The van der Waals surface area contributed by atoms with E-state index in [9.17, 15) is 9.18 Å². The van der Waals surface area contributed by atoms with E-state index in [1.165, 1.54) is 6.07 Å². The van der Waals surface area contributed by atoms with E-state index in [1.807, 2.05) is 20.8 Å². The first kappa shape index (κ1) is 16.8. The summed E-state index contributed by atoms with van der Waals surface area (Å²) in [7, 11) is 0. The summed E-state index contributed by atoms with van der Waals surface area (Å²) in [5.74, 6) is -0.304. The lowest BCUT2D eigenvalue weighted by molar-refractivity contribution is 0.0528. The maximum Gasteiger partial charge on any atom is 0.407 e. The molecule has 0 aliphatic carbocycles. The maximum absolute atomic E-state index is 13.3. The van der Waals surface area contributed by atoms with E-state index in [1.54, 1.807) is 12.1 Å². The number of amides is 1. The van der Waals surface area contributed by atoms with Crippen LogP contribution in [0.15, 0.2) is 22.7 Å². The van der Waals surface area contributed by atoms with Crippen molar-refractivity contribution in [2.75, 3.05) is 18.4 Å². The predicted octanol–water partition coefficient (Wildman–Crippen LogP) is 3.91. The lowest BCUT2D eigenvalue weighted by Crippen LogP contribution is -2.33. The second-order valence-corrected chi connectivity index (χ2v) is 6.19. The molecule has 1 amide bonds. The molecule has 112 valence electrons. The molecule has 4 nitrogen and oxygen atoms in total. The van der Waals surface area contributed by atoms with Gasteiger partial charge >= 0.3 is 6.09 Å². The molecule has 1 aromatic carbocycles. The Morgan fingerprint density at radius 3 is 2.65 bits per heavy atom. The second-order valence-electron chi connectivity index (χ2n) is 5.34. The van der Waals surface area contributed by atoms with Crippen molar-refractivity contribution in [3.63, 3.8) is 0 Å². The topological polar surface area (TPSA) is 50.4 Å². The van der Waals surface area contributed by atoms with Crippen LogP contribution in [0.4, 0.5) is 14.9 Å². The fourth-order valence-corrected chi connectivity index (χ4v) is 1.68. The molecule has 0 aliphatic rings. The maximum atomic E-state index is 13.3. The first-order valence-corrected chi connectivity index (χ1v) is 7.23. The molecule has 20 heavy (non-hydrogen) atoms. The summed E-state index contributed by atoms with van der Waals surface area (Å²) in [6, 6.07) is 4.86. The number of benzene rings is 1. The highest BCUT2D eigenvalue weighted by Gasteiger charge is 2.15. The fraction of sp³-hybridized carbons (Fsp3) is 0.500. The molecule has 0 radical (unpaired) electrons. The van der Waals surface area contributed by atoms with Crippen molar-refractivity contribution in [1.29, 1.82) is 0 Å². The fourth-order valence-electron chi connectivity index (χ4n) is 1.43. The number of halogens is 2. The Kier molecular flexibility index (Phi) is 6.26. The third-order valence-electron chi connectivity index (χ3n) is 2.27. The third kappa shape index (κ3) is 6.75. The predicted molar refractivity (Wildman–Crippen MR) is 81.4 cm³/mol. The molecule has 1 aromatic rings. The van der Waals surface area contributed by atoms with Crippen LogP contribution in [0.1, 0.15) is 27.2 Å². The Bertz CT molecular complexity index is 461. The molecule has 6 heteroatoms. The van der Waals surface area contributed by atoms with E-state index >= 15 is 0 Å². The lowest BCUT2D eigenvalue weighted by atomic mass is 10.2. The highest BCUT2D eigenvalue weighted by Crippen LogP contribution is 2.19. The highest BCUT2D eigenvalue weighted by atomic mass is 79.9. The van der Waals surface area contributed by atoms with Gasteiger partial charge in [-0.2, -0.15) is 0 Å². The van der Waals surface area contributed by atoms with E-state index in [4.69, 9.17) is 4.74 Å². The van der Waals surface area contributed by atoms with Crippen molar-refractivity contribution >= 4 is 27.7 Å². The number of ether oxygens (including phenoxy) is 1. The number of hydrogen-bond donors (Lipinski definition) is 2. The van der Waals surface area contributed by atoms with Gasteiger partial charge in [0, 0.05) is 18.8 Å². The van der Waals surface area contributed by atoms with E-state index < -0.39 is 11.7 Å². The van der Waals surface area contributed by atoms with Crippen molar-refractivity contribution in [3.05, 3.63) is 28.5 Å². The zero-order chi connectivity index (χ0) is 15.2. The summed E-state index contributed by atoms with van der Waals surface area (Å²) in [6.07, 6.45) is 0.295. The first-order valence-electron chi connectivity index (χ1n) is 6.44. The molecule has 0 spiro atoms. The van der Waals surface area contributed by atoms with Crippen LogP contribution in [0.2, 0.25) is 0 Å². The van der Waals surface area contributed by atoms with Gasteiger partial charge in [-0.25, -0.2) is 9.18 Å². The van der Waals surface area contributed by atoms with Crippen LogP contribution >= 0.6 is 15.9 Å². The highest BCUT2D eigenvalue weighted by molar-refractivity contribution is 9.10. The van der Waals surface area contributed by atoms with E-state index in [0.29, 0.717) is 23.2 Å². The van der Waals surface area contributed by atoms with Gasteiger partial charge < -0.3 is 15.4 Å². The van der Waals surface area contributed by atoms with Crippen LogP contribution in [-0.4, -0.2) is 24.8 Å². The summed E-state index contributed by atoms with van der Waals surface area (Å²) < 4.78 is 18.8. The van der Waals surface area contributed by atoms with Gasteiger partial charge in [-0.15, -0.1) is 0 Å².